The van der Waals surface area contributed by atoms with Gasteiger partial charge in [-0.1, -0.05) is 43.7 Å². The van der Waals surface area contributed by atoms with E-state index < -0.39 is 0 Å². The van der Waals surface area contributed by atoms with Crippen LogP contribution in [0.5, 0.6) is 0 Å². The third kappa shape index (κ3) is 3.88. The fraction of sp³-hybridized carbons (Fsp3) is 0.312. The number of aromatic nitrogens is 1. The van der Waals surface area contributed by atoms with Gasteiger partial charge in [0.05, 0.1) is 6.04 Å². The molecule has 0 saturated heterocycles. The summed E-state index contributed by atoms with van der Waals surface area (Å²) in [5.41, 5.74) is 6.70. The minimum Gasteiger partial charge on any atom is -0.271 e. The van der Waals surface area contributed by atoms with Crippen LogP contribution in [-0.4, -0.2) is 4.98 Å². The monoisotopic (exact) mass is 255 g/mol. The second-order valence-electron chi connectivity index (χ2n) is 4.78. The number of hydrazine groups is 1. The normalized spacial score (nSPS) is 12.3. The van der Waals surface area contributed by atoms with Gasteiger partial charge in [-0.05, 0) is 35.6 Å². The molecule has 100 valence electrons. The summed E-state index contributed by atoms with van der Waals surface area (Å²) >= 11 is 0. The van der Waals surface area contributed by atoms with Crippen molar-refractivity contribution in [1.82, 2.24) is 10.4 Å². The Kier molecular flexibility index (Phi) is 5.07. The van der Waals surface area contributed by atoms with Crippen LogP contribution < -0.4 is 11.3 Å². The number of hydrogen-bond acceptors (Lipinski definition) is 3. The summed E-state index contributed by atoms with van der Waals surface area (Å²) in [7, 11) is 0. The molecule has 1 aromatic heterocycles. The van der Waals surface area contributed by atoms with Gasteiger partial charge in [-0.15, -0.1) is 0 Å². The zero-order valence-electron chi connectivity index (χ0n) is 11.3. The van der Waals surface area contributed by atoms with Gasteiger partial charge >= 0.3 is 0 Å². The third-order valence-corrected chi connectivity index (χ3v) is 3.26. The van der Waals surface area contributed by atoms with Crippen LogP contribution in [0.15, 0.2) is 48.8 Å². The molecule has 0 radical (unpaired) electrons. The number of benzene rings is 1. The fourth-order valence-electron chi connectivity index (χ4n) is 2.28. The van der Waals surface area contributed by atoms with Gasteiger partial charge in [0.15, 0.2) is 0 Å². The van der Waals surface area contributed by atoms with Gasteiger partial charge in [0.2, 0.25) is 0 Å². The molecule has 3 nitrogen and oxygen atoms in total. The summed E-state index contributed by atoms with van der Waals surface area (Å²) < 4.78 is 0. The minimum atomic E-state index is 0.126. The average Bonchev–Trinajstić information content (AvgIpc) is 2.46. The van der Waals surface area contributed by atoms with Crippen molar-refractivity contribution in [1.29, 1.82) is 0 Å². The maximum Gasteiger partial charge on any atom is 0.0500 e. The Bertz CT molecular complexity index is 496. The van der Waals surface area contributed by atoms with Crippen molar-refractivity contribution in [2.45, 2.75) is 32.2 Å². The fourth-order valence-corrected chi connectivity index (χ4v) is 2.28. The van der Waals surface area contributed by atoms with E-state index >= 15 is 0 Å². The Balaban J connectivity index is 2.15. The van der Waals surface area contributed by atoms with Crippen LogP contribution in [0.1, 0.15) is 36.1 Å². The van der Waals surface area contributed by atoms with Crippen LogP contribution in [0.4, 0.5) is 0 Å². The molecular formula is C16H21N3. The van der Waals surface area contributed by atoms with E-state index in [1.54, 1.807) is 6.20 Å². The molecule has 1 aromatic carbocycles. The van der Waals surface area contributed by atoms with Gasteiger partial charge in [0.25, 0.3) is 0 Å². The van der Waals surface area contributed by atoms with E-state index in [-0.39, 0.29) is 6.04 Å². The van der Waals surface area contributed by atoms with E-state index in [4.69, 9.17) is 5.84 Å². The molecule has 1 unspecified atom stereocenters. The van der Waals surface area contributed by atoms with E-state index in [0.717, 1.165) is 19.3 Å². The summed E-state index contributed by atoms with van der Waals surface area (Å²) in [5, 5.41) is 0. The van der Waals surface area contributed by atoms with Gasteiger partial charge in [0, 0.05) is 12.4 Å². The molecule has 0 aliphatic rings. The molecule has 0 aliphatic heterocycles. The number of nitrogens with two attached hydrogens (primary N) is 1. The van der Waals surface area contributed by atoms with Crippen LogP contribution >= 0.6 is 0 Å². The Morgan fingerprint density at radius 3 is 2.74 bits per heavy atom. The van der Waals surface area contributed by atoms with Gasteiger partial charge in [-0.25, -0.2) is 0 Å². The lowest BCUT2D eigenvalue weighted by Gasteiger charge is -2.17. The Labute approximate surface area is 114 Å². The predicted octanol–water partition coefficient (Wildman–Crippen LogP) is 2.78. The van der Waals surface area contributed by atoms with Crippen LogP contribution in [0.2, 0.25) is 0 Å². The number of nitrogens with zero attached hydrogens (tertiary/aromatic N) is 1. The highest BCUT2D eigenvalue weighted by molar-refractivity contribution is 5.27. The average molecular weight is 255 g/mol. The first-order valence-electron chi connectivity index (χ1n) is 6.77. The summed E-state index contributed by atoms with van der Waals surface area (Å²) in [6, 6.07) is 12.8. The molecule has 19 heavy (non-hydrogen) atoms. The minimum absolute atomic E-state index is 0.126. The van der Waals surface area contributed by atoms with Crippen molar-refractivity contribution < 1.29 is 0 Å². The van der Waals surface area contributed by atoms with E-state index in [9.17, 15) is 0 Å². The second-order valence-corrected chi connectivity index (χ2v) is 4.78. The zero-order chi connectivity index (χ0) is 13.5. The Morgan fingerprint density at radius 1 is 1.21 bits per heavy atom. The van der Waals surface area contributed by atoms with Crippen LogP contribution in [0, 0.1) is 0 Å². The summed E-state index contributed by atoms with van der Waals surface area (Å²) in [6.45, 7) is 2.20. The molecule has 0 amide bonds. The topological polar surface area (TPSA) is 50.9 Å². The maximum absolute atomic E-state index is 5.71. The first kappa shape index (κ1) is 13.7. The molecule has 0 spiro atoms. The highest BCUT2D eigenvalue weighted by atomic mass is 15.2. The van der Waals surface area contributed by atoms with Gasteiger partial charge in [-0.3, -0.25) is 16.3 Å². The van der Waals surface area contributed by atoms with E-state index in [0.29, 0.717) is 0 Å². The van der Waals surface area contributed by atoms with Gasteiger partial charge < -0.3 is 0 Å². The highest BCUT2D eigenvalue weighted by Gasteiger charge is 2.11. The quantitative estimate of drug-likeness (QED) is 0.616. The van der Waals surface area contributed by atoms with Crippen molar-refractivity contribution in [3.63, 3.8) is 0 Å². The third-order valence-electron chi connectivity index (χ3n) is 3.26. The Morgan fingerprint density at radius 2 is 2.05 bits per heavy atom. The smallest absolute Gasteiger partial charge is 0.0500 e. The molecule has 1 atom stereocenters. The van der Waals surface area contributed by atoms with Crippen molar-refractivity contribution in [3.05, 3.63) is 65.5 Å². The molecule has 0 bridgehead atoms. The van der Waals surface area contributed by atoms with Crippen molar-refractivity contribution in [3.8, 4) is 0 Å². The highest BCUT2D eigenvalue weighted by Crippen LogP contribution is 2.19. The zero-order valence-corrected chi connectivity index (χ0v) is 11.3. The molecular weight excluding hydrogens is 234 g/mol. The van der Waals surface area contributed by atoms with Gasteiger partial charge in [0.1, 0.15) is 0 Å². The van der Waals surface area contributed by atoms with Crippen LogP contribution in [0.3, 0.4) is 0 Å². The van der Waals surface area contributed by atoms with Crippen molar-refractivity contribution in [2.75, 3.05) is 0 Å². The molecule has 2 aromatic rings. The van der Waals surface area contributed by atoms with Gasteiger partial charge in [-0.2, -0.15) is 0 Å². The molecule has 0 saturated carbocycles. The maximum atomic E-state index is 5.71. The lowest BCUT2D eigenvalue weighted by atomic mass is 9.97. The number of rotatable bonds is 6. The first-order chi connectivity index (χ1) is 9.33. The lowest BCUT2D eigenvalue weighted by Crippen LogP contribution is -2.29. The standard InChI is InChI=1S/C16H21N3/c1-2-5-13-6-3-8-15(10-13)16(19-17)11-14-7-4-9-18-12-14/h3-4,6-10,12,16,19H,2,5,11,17H2,1H3. The largest absolute Gasteiger partial charge is 0.271 e. The number of hydrogen-bond donors (Lipinski definition) is 2. The SMILES string of the molecule is CCCc1cccc(C(Cc2cccnc2)NN)c1. The molecule has 0 fully saturated rings. The number of nitrogens with one attached hydrogen (secondary N) is 1. The molecule has 1 heterocycles. The van der Waals surface area contributed by atoms with E-state index in [2.05, 4.69) is 47.7 Å². The van der Waals surface area contributed by atoms with Crippen molar-refractivity contribution >= 4 is 0 Å². The van der Waals surface area contributed by atoms with Crippen LogP contribution in [0.25, 0.3) is 0 Å². The van der Waals surface area contributed by atoms with Crippen molar-refractivity contribution in [2.24, 2.45) is 5.84 Å². The second kappa shape index (κ2) is 7.02. The predicted molar refractivity (Wildman–Crippen MR) is 78.4 cm³/mol. The summed E-state index contributed by atoms with van der Waals surface area (Å²) in [4.78, 5) is 4.14. The number of aryl methyl sites for hydroxylation is 1. The van der Waals surface area contributed by atoms with E-state index in [1.165, 1.54) is 16.7 Å². The lowest BCUT2D eigenvalue weighted by molar-refractivity contribution is 0.550. The molecule has 0 aliphatic carbocycles. The number of pyridine rings is 1. The first-order valence-corrected chi connectivity index (χ1v) is 6.77. The Hall–Kier alpha value is -1.71. The van der Waals surface area contributed by atoms with E-state index in [1.807, 2.05) is 12.3 Å². The molecule has 2 rings (SSSR count). The summed E-state index contributed by atoms with van der Waals surface area (Å²) in [5.74, 6) is 5.71. The molecule has 3 N–H and O–H groups in total. The summed E-state index contributed by atoms with van der Waals surface area (Å²) in [6.07, 6.45) is 6.79. The molecule has 3 heteroatoms. The van der Waals surface area contributed by atoms with Crippen LogP contribution in [-0.2, 0) is 12.8 Å².